The molecule has 0 saturated heterocycles. The third kappa shape index (κ3) is 1.52. The molecule has 4 nitrogen and oxygen atoms in total. The van der Waals surface area contributed by atoms with Gasteiger partial charge in [-0.25, -0.2) is 0 Å². The highest BCUT2D eigenvalue weighted by molar-refractivity contribution is 5.81. The second kappa shape index (κ2) is 3.92. The lowest BCUT2D eigenvalue weighted by Gasteiger charge is -2.26. The lowest BCUT2D eigenvalue weighted by Crippen LogP contribution is -2.35. The Morgan fingerprint density at radius 1 is 1.50 bits per heavy atom. The molecule has 1 aromatic rings. The molecule has 1 fully saturated rings. The summed E-state index contributed by atoms with van der Waals surface area (Å²) in [7, 11) is 0. The van der Waals surface area contributed by atoms with E-state index in [1.807, 2.05) is 24.6 Å². The SMILES string of the molecule is CC(C)n1nccc1C1(C(=O)O)CCCC1. The molecule has 1 aliphatic rings. The number of carboxylic acid groups (broad SMARTS) is 1. The van der Waals surface area contributed by atoms with E-state index in [4.69, 9.17) is 0 Å². The molecule has 0 amide bonds. The normalized spacial score (nSPS) is 19.2. The van der Waals surface area contributed by atoms with Crippen LogP contribution in [-0.2, 0) is 10.2 Å². The van der Waals surface area contributed by atoms with Crippen molar-refractivity contribution < 1.29 is 9.90 Å². The van der Waals surface area contributed by atoms with Crippen LogP contribution in [0.1, 0.15) is 51.3 Å². The van der Waals surface area contributed by atoms with Gasteiger partial charge in [0.1, 0.15) is 5.41 Å². The summed E-state index contributed by atoms with van der Waals surface area (Å²) in [5.74, 6) is -0.701. The zero-order valence-electron chi connectivity index (χ0n) is 9.81. The lowest BCUT2D eigenvalue weighted by molar-refractivity contribution is -0.144. The molecule has 1 N–H and O–H groups in total. The molecule has 88 valence electrons. The van der Waals surface area contributed by atoms with E-state index in [1.54, 1.807) is 6.20 Å². The van der Waals surface area contributed by atoms with E-state index >= 15 is 0 Å². The largest absolute Gasteiger partial charge is 0.481 e. The summed E-state index contributed by atoms with van der Waals surface area (Å²) in [4.78, 5) is 11.6. The summed E-state index contributed by atoms with van der Waals surface area (Å²) in [5, 5.41) is 13.7. The molecule has 0 bridgehead atoms. The number of carboxylic acids is 1. The summed E-state index contributed by atoms with van der Waals surface area (Å²) >= 11 is 0. The Hall–Kier alpha value is -1.32. The smallest absolute Gasteiger partial charge is 0.315 e. The molecule has 0 aromatic carbocycles. The molecule has 2 rings (SSSR count). The Bertz CT molecular complexity index is 389. The highest BCUT2D eigenvalue weighted by Gasteiger charge is 2.45. The van der Waals surface area contributed by atoms with Gasteiger partial charge < -0.3 is 5.11 Å². The predicted molar refractivity (Wildman–Crippen MR) is 60.4 cm³/mol. The Kier molecular flexibility index (Phi) is 2.74. The van der Waals surface area contributed by atoms with Gasteiger partial charge in [-0.3, -0.25) is 9.48 Å². The fraction of sp³-hybridized carbons (Fsp3) is 0.667. The monoisotopic (exact) mass is 222 g/mol. The van der Waals surface area contributed by atoms with Crippen molar-refractivity contribution in [2.45, 2.75) is 51.0 Å². The van der Waals surface area contributed by atoms with Crippen molar-refractivity contribution in [1.82, 2.24) is 9.78 Å². The van der Waals surface area contributed by atoms with Gasteiger partial charge >= 0.3 is 5.97 Å². The maximum absolute atomic E-state index is 11.6. The average Bonchev–Trinajstić information content (AvgIpc) is 2.87. The van der Waals surface area contributed by atoms with Gasteiger partial charge in [-0.2, -0.15) is 5.10 Å². The molecule has 1 aliphatic carbocycles. The standard InChI is InChI=1S/C12H18N2O2/c1-9(2)14-10(5-8-13-14)12(11(15)16)6-3-4-7-12/h5,8-9H,3-4,6-7H2,1-2H3,(H,15,16). The number of rotatable bonds is 3. The van der Waals surface area contributed by atoms with Gasteiger partial charge in [0, 0.05) is 12.2 Å². The van der Waals surface area contributed by atoms with E-state index in [1.165, 1.54) is 0 Å². The van der Waals surface area contributed by atoms with Crippen LogP contribution >= 0.6 is 0 Å². The molecule has 0 spiro atoms. The Morgan fingerprint density at radius 3 is 2.62 bits per heavy atom. The molecule has 1 aromatic heterocycles. The van der Waals surface area contributed by atoms with Gasteiger partial charge in [0.25, 0.3) is 0 Å². The number of nitrogens with zero attached hydrogens (tertiary/aromatic N) is 2. The Balaban J connectivity index is 2.47. The first-order valence-corrected chi connectivity index (χ1v) is 5.85. The molecule has 0 atom stereocenters. The van der Waals surface area contributed by atoms with Gasteiger partial charge in [0.2, 0.25) is 0 Å². The topological polar surface area (TPSA) is 55.1 Å². The summed E-state index contributed by atoms with van der Waals surface area (Å²) in [6, 6.07) is 2.07. The zero-order valence-corrected chi connectivity index (χ0v) is 9.81. The quantitative estimate of drug-likeness (QED) is 0.854. The molecule has 0 unspecified atom stereocenters. The van der Waals surface area contributed by atoms with Crippen LogP contribution < -0.4 is 0 Å². The number of hydrogen-bond donors (Lipinski definition) is 1. The van der Waals surface area contributed by atoms with E-state index < -0.39 is 11.4 Å². The minimum Gasteiger partial charge on any atom is -0.481 e. The van der Waals surface area contributed by atoms with Gasteiger partial charge in [-0.05, 0) is 32.8 Å². The summed E-state index contributed by atoms with van der Waals surface area (Å²) in [6.45, 7) is 4.06. The molecule has 4 heteroatoms. The zero-order chi connectivity index (χ0) is 11.8. The molecule has 0 aliphatic heterocycles. The van der Waals surface area contributed by atoms with Gasteiger partial charge in [-0.15, -0.1) is 0 Å². The summed E-state index contributed by atoms with van der Waals surface area (Å²) in [6.07, 6.45) is 5.17. The van der Waals surface area contributed by atoms with Crippen molar-refractivity contribution in [3.8, 4) is 0 Å². The van der Waals surface area contributed by atoms with E-state index in [9.17, 15) is 9.90 Å². The minimum atomic E-state index is -0.701. The maximum Gasteiger partial charge on any atom is 0.315 e. The third-order valence-electron chi connectivity index (χ3n) is 3.52. The van der Waals surface area contributed by atoms with Gasteiger partial charge in [-0.1, -0.05) is 12.8 Å². The van der Waals surface area contributed by atoms with Crippen molar-refractivity contribution in [2.75, 3.05) is 0 Å². The Morgan fingerprint density at radius 2 is 2.12 bits per heavy atom. The van der Waals surface area contributed by atoms with Crippen LogP contribution in [0.3, 0.4) is 0 Å². The first kappa shape index (κ1) is 11.2. The van der Waals surface area contributed by atoms with Crippen molar-refractivity contribution in [1.29, 1.82) is 0 Å². The average molecular weight is 222 g/mol. The van der Waals surface area contributed by atoms with E-state index in [0.717, 1.165) is 31.4 Å². The van der Waals surface area contributed by atoms with Gasteiger partial charge in [0.15, 0.2) is 0 Å². The third-order valence-corrected chi connectivity index (χ3v) is 3.52. The second-order valence-corrected chi connectivity index (χ2v) is 4.85. The molecule has 1 saturated carbocycles. The number of hydrogen-bond acceptors (Lipinski definition) is 2. The van der Waals surface area contributed by atoms with E-state index in [0.29, 0.717) is 0 Å². The minimum absolute atomic E-state index is 0.210. The van der Waals surface area contributed by atoms with Crippen molar-refractivity contribution >= 4 is 5.97 Å². The van der Waals surface area contributed by atoms with Crippen molar-refractivity contribution in [3.05, 3.63) is 18.0 Å². The van der Waals surface area contributed by atoms with Crippen LogP contribution in [0.5, 0.6) is 0 Å². The van der Waals surface area contributed by atoms with Crippen LogP contribution in [-0.4, -0.2) is 20.9 Å². The summed E-state index contributed by atoms with van der Waals surface area (Å²) in [5.41, 5.74) is 0.174. The molecule has 16 heavy (non-hydrogen) atoms. The van der Waals surface area contributed by atoms with Gasteiger partial charge in [0.05, 0.1) is 5.69 Å². The van der Waals surface area contributed by atoms with E-state index in [2.05, 4.69) is 5.10 Å². The highest BCUT2D eigenvalue weighted by Crippen LogP contribution is 2.41. The van der Waals surface area contributed by atoms with Crippen LogP contribution in [0.4, 0.5) is 0 Å². The van der Waals surface area contributed by atoms with Crippen LogP contribution in [0, 0.1) is 0 Å². The first-order chi connectivity index (χ1) is 7.58. The predicted octanol–water partition coefficient (Wildman–Crippen LogP) is 2.36. The van der Waals surface area contributed by atoms with Crippen molar-refractivity contribution in [2.24, 2.45) is 0 Å². The van der Waals surface area contributed by atoms with Crippen LogP contribution in [0.2, 0.25) is 0 Å². The molecular formula is C12H18N2O2. The number of carbonyl (C=O) groups is 1. The second-order valence-electron chi connectivity index (χ2n) is 4.85. The van der Waals surface area contributed by atoms with Crippen LogP contribution in [0.25, 0.3) is 0 Å². The van der Waals surface area contributed by atoms with Crippen LogP contribution in [0.15, 0.2) is 12.3 Å². The fourth-order valence-electron chi connectivity index (χ4n) is 2.66. The highest BCUT2D eigenvalue weighted by atomic mass is 16.4. The number of aliphatic carboxylic acids is 1. The molecule has 0 radical (unpaired) electrons. The molecular weight excluding hydrogens is 204 g/mol. The summed E-state index contributed by atoms with van der Waals surface area (Å²) < 4.78 is 1.85. The Labute approximate surface area is 95.3 Å². The fourth-order valence-corrected chi connectivity index (χ4v) is 2.66. The maximum atomic E-state index is 11.6. The first-order valence-electron chi connectivity index (χ1n) is 5.85. The lowest BCUT2D eigenvalue weighted by atomic mass is 9.82. The molecule has 1 heterocycles. The number of aromatic nitrogens is 2. The van der Waals surface area contributed by atoms with Crippen molar-refractivity contribution in [3.63, 3.8) is 0 Å². The van der Waals surface area contributed by atoms with E-state index in [-0.39, 0.29) is 6.04 Å².